The molecule has 2 aliphatic heterocycles. The average Bonchev–Trinajstić information content (AvgIpc) is 3.72. The van der Waals surface area contributed by atoms with Crippen LogP contribution in [0.25, 0.3) is 22.5 Å². The van der Waals surface area contributed by atoms with Crippen LogP contribution in [0.3, 0.4) is 0 Å². The van der Waals surface area contributed by atoms with Gasteiger partial charge in [-0.2, -0.15) is 0 Å². The maximum atomic E-state index is 13.3. The SMILES string of the molecule is CN(CCOCCOCCN(C)C(=O)CCC(=O)Nc1cnc(-c2ccncc2)c(-c2cccnc2)n1)CC(=O)NCCOCCNC(=O)CN(C)C(=O)CCCNc1cccc2c1C(=O)N(C1CCC(=O)NC1=O)C2=O. The van der Waals surface area contributed by atoms with Crippen molar-refractivity contribution in [3.05, 3.63) is 84.6 Å². The van der Waals surface area contributed by atoms with Crippen LogP contribution in [-0.4, -0.2) is 205 Å². The zero-order chi connectivity index (χ0) is 55.1. The molecule has 9 amide bonds. The van der Waals surface area contributed by atoms with Gasteiger partial charge in [0, 0.05) is 114 Å². The van der Waals surface area contributed by atoms with Gasteiger partial charge in [0.05, 0.1) is 75.7 Å². The van der Waals surface area contributed by atoms with Gasteiger partial charge in [0.2, 0.25) is 41.4 Å². The molecule has 0 bridgehead atoms. The molecule has 5 heterocycles. The number of anilines is 2. The summed E-state index contributed by atoms with van der Waals surface area (Å²) in [6.45, 7) is 3.28. The van der Waals surface area contributed by atoms with E-state index in [0.717, 1.165) is 16.0 Å². The first-order valence-electron chi connectivity index (χ1n) is 25.2. The summed E-state index contributed by atoms with van der Waals surface area (Å²) < 4.78 is 16.8. The highest BCUT2D eigenvalue weighted by molar-refractivity contribution is 6.25. The molecule has 25 heteroatoms. The number of nitrogens with zero attached hydrogens (tertiary/aromatic N) is 8. The number of benzene rings is 1. The summed E-state index contributed by atoms with van der Waals surface area (Å²) in [7, 11) is 4.95. The lowest BCUT2D eigenvalue weighted by atomic mass is 10.0. The molecule has 0 spiro atoms. The van der Waals surface area contributed by atoms with Crippen LogP contribution in [0.15, 0.2) is 73.4 Å². The topological polar surface area (TPSA) is 306 Å². The number of hydrogen-bond donors (Lipinski definition) is 5. The molecule has 410 valence electrons. The number of piperidine rings is 1. The average molecular weight is 1060 g/mol. The van der Waals surface area contributed by atoms with Gasteiger partial charge >= 0.3 is 0 Å². The minimum atomic E-state index is -1.08. The van der Waals surface area contributed by atoms with Crippen molar-refractivity contribution in [2.75, 3.05) is 117 Å². The first kappa shape index (κ1) is 58.1. The second-order valence-corrected chi connectivity index (χ2v) is 18.0. The summed E-state index contributed by atoms with van der Waals surface area (Å²) >= 11 is 0. The standard InChI is InChI=1S/C52H65N13O12/c1-62(23-27-76-29-30-77-28-24-63(2)46(71)14-13-41(66)59-40-32-58-48(35-15-19-53-20-16-35)49(60-40)36-7-5-17-54-31-36)33-43(68)56-21-25-75-26-22-57-44(69)34-64(3)45(70)10-6-18-55-38-9-4-8-37-47(38)52(74)65(51(37)73)39-11-12-42(67)61-50(39)72/h4-5,7-9,15-17,19-20,31-32,39,55H,6,10-14,18,21-30,33-34H2,1-3H3,(H,56,68)(H,57,69)(H,59,60,66)(H,61,67,72). The maximum Gasteiger partial charge on any atom is 0.264 e. The number of hydrogen-bond acceptors (Lipinski definition) is 18. The van der Waals surface area contributed by atoms with Crippen LogP contribution in [-0.2, 0) is 47.8 Å². The fraction of sp³-hybridized carbons (Fsp3) is 0.442. The van der Waals surface area contributed by atoms with Gasteiger partial charge in [-0.1, -0.05) is 6.07 Å². The molecule has 1 aromatic carbocycles. The Morgan fingerprint density at radius 1 is 0.675 bits per heavy atom. The van der Waals surface area contributed by atoms with Crippen molar-refractivity contribution in [3.8, 4) is 22.5 Å². The molecular weight excluding hydrogens is 999 g/mol. The molecule has 1 unspecified atom stereocenters. The Labute approximate surface area is 445 Å². The van der Waals surface area contributed by atoms with Crippen LogP contribution in [0, 0.1) is 0 Å². The van der Waals surface area contributed by atoms with Gasteiger partial charge in [-0.3, -0.25) is 73.2 Å². The van der Waals surface area contributed by atoms with Crippen molar-refractivity contribution in [2.45, 2.75) is 44.6 Å². The highest BCUT2D eigenvalue weighted by atomic mass is 16.5. The van der Waals surface area contributed by atoms with Crippen molar-refractivity contribution in [2.24, 2.45) is 0 Å². The number of amides is 9. The molecule has 5 N–H and O–H groups in total. The first-order valence-corrected chi connectivity index (χ1v) is 25.2. The second kappa shape index (κ2) is 29.8. The van der Waals surface area contributed by atoms with E-state index in [4.69, 9.17) is 14.2 Å². The third-order valence-corrected chi connectivity index (χ3v) is 12.2. The number of carbonyl (C=O) groups excluding carboxylic acids is 9. The van der Waals surface area contributed by atoms with E-state index in [9.17, 15) is 43.2 Å². The molecule has 0 radical (unpaired) electrons. The van der Waals surface area contributed by atoms with Crippen molar-refractivity contribution >= 4 is 64.7 Å². The highest BCUT2D eigenvalue weighted by Crippen LogP contribution is 2.33. The fourth-order valence-electron chi connectivity index (χ4n) is 8.04. The molecule has 1 atom stereocenters. The summed E-state index contributed by atoms with van der Waals surface area (Å²) in [6.07, 6.45) is 8.60. The van der Waals surface area contributed by atoms with Crippen molar-refractivity contribution in [3.63, 3.8) is 0 Å². The third-order valence-electron chi connectivity index (χ3n) is 12.2. The Balaban J connectivity index is 0.724. The normalized spacial score (nSPS) is 14.0. The number of nitrogens with one attached hydrogen (secondary N) is 5. The summed E-state index contributed by atoms with van der Waals surface area (Å²) in [5.74, 6) is -3.57. The lowest BCUT2D eigenvalue weighted by Crippen LogP contribution is -2.54. The molecule has 1 saturated heterocycles. The molecule has 25 nitrogen and oxygen atoms in total. The molecule has 77 heavy (non-hydrogen) atoms. The second-order valence-electron chi connectivity index (χ2n) is 18.0. The van der Waals surface area contributed by atoms with Gasteiger partial charge in [-0.05, 0) is 56.3 Å². The Morgan fingerprint density at radius 2 is 1.38 bits per heavy atom. The summed E-state index contributed by atoms with van der Waals surface area (Å²) in [5, 5.41) is 13.5. The maximum absolute atomic E-state index is 13.3. The van der Waals surface area contributed by atoms with E-state index in [2.05, 4.69) is 46.5 Å². The van der Waals surface area contributed by atoms with E-state index in [1.54, 1.807) is 57.1 Å². The lowest BCUT2D eigenvalue weighted by molar-refractivity contribution is -0.136. The van der Waals surface area contributed by atoms with Crippen LogP contribution in [0.2, 0.25) is 0 Å². The minimum Gasteiger partial charge on any atom is -0.384 e. The van der Waals surface area contributed by atoms with E-state index in [1.807, 2.05) is 23.1 Å². The van der Waals surface area contributed by atoms with Gasteiger partial charge < -0.3 is 45.3 Å². The van der Waals surface area contributed by atoms with E-state index in [1.165, 1.54) is 29.1 Å². The van der Waals surface area contributed by atoms with Gasteiger partial charge in [0.15, 0.2) is 5.82 Å². The number of carbonyl (C=O) groups is 9. The van der Waals surface area contributed by atoms with E-state index < -0.39 is 29.7 Å². The zero-order valence-electron chi connectivity index (χ0n) is 43.4. The molecule has 6 rings (SSSR count). The largest absolute Gasteiger partial charge is 0.384 e. The van der Waals surface area contributed by atoms with E-state index >= 15 is 0 Å². The van der Waals surface area contributed by atoms with E-state index in [-0.39, 0.29) is 131 Å². The summed E-state index contributed by atoms with van der Waals surface area (Å²) in [5.41, 5.74) is 3.35. The van der Waals surface area contributed by atoms with Gasteiger partial charge in [-0.15, -0.1) is 0 Å². The van der Waals surface area contributed by atoms with Crippen molar-refractivity contribution in [1.82, 2.24) is 55.5 Å². The number of imide groups is 2. The van der Waals surface area contributed by atoms with Gasteiger partial charge in [-0.25, -0.2) is 4.98 Å². The molecule has 3 aromatic heterocycles. The number of aromatic nitrogens is 4. The Bertz CT molecular complexity index is 2720. The minimum absolute atomic E-state index is 0.00138. The highest BCUT2D eigenvalue weighted by Gasteiger charge is 2.45. The van der Waals surface area contributed by atoms with Crippen LogP contribution < -0.4 is 26.6 Å². The van der Waals surface area contributed by atoms with Crippen molar-refractivity contribution < 1.29 is 57.4 Å². The molecule has 0 saturated carbocycles. The quantitative estimate of drug-likeness (QED) is 0.0343. The van der Waals surface area contributed by atoms with Crippen molar-refractivity contribution in [1.29, 1.82) is 0 Å². The first-order chi connectivity index (χ1) is 37.2. The Hall–Kier alpha value is -8.13. The number of rotatable bonds is 31. The zero-order valence-corrected chi connectivity index (χ0v) is 43.4. The fourth-order valence-corrected chi connectivity index (χ4v) is 8.04. The molecular formula is C52H65N13O12. The summed E-state index contributed by atoms with van der Waals surface area (Å²) in [6, 6.07) is 10.9. The molecule has 1 fully saturated rings. The number of fused-ring (bicyclic) bond motifs is 1. The smallest absolute Gasteiger partial charge is 0.264 e. The Morgan fingerprint density at radius 3 is 2.09 bits per heavy atom. The molecule has 4 aromatic rings. The molecule has 0 aliphatic carbocycles. The number of likely N-dealkylation sites (N-methyl/N-ethyl adjacent to an activating group) is 3. The van der Waals surface area contributed by atoms with Gasteiger partial charge in [0.1, 0.15) is 11.7 Å². The summed E-state index contributed by atoms with van der Waals surface area (Å²) in [4.78, 5) is 136. The number of pyridine rings is 2. The van der Waals surface area contributed by atoms with E-state index in [0.29, 0.717) is 56.4 Å². The predicted molar refractivity (Wildman–Crippen MR) is 278 cm³/mol. The lowest BCUT2D eigenvalue weighted by Gasteiger charge is -2.27. The van der Waals surface area contributed by atoms with Crippen LogP contribution >= 0.6 is 0 Å². The monoisotopic (exact) mass is 1060 g/mol. The third kappa shape index (κ3) is 17.7. The van der Waals surface area contributed by atoms with Crippen LogP contribution in [0.1, 0.15) is 59.2 Å². The van der Waals surface area contributed by atoms with Crippen LogP contribution in [0.4, 0.5) is 11.5 Å². The molecule has 2 aliphatic rings. The van der Waals surface area contributed by atoms with Gasteiger partial charge in [0.25, 0.3) is 11.8 Å². The van der Waals surface area contributed by atoms with Crippen LogP contribution in [0.5, 0.6) is 0 Å². The predicted octanol–water partition coefficient (Wildman–Crippen LogP) is 0.744. The number of ether oxygens (including phenoxy) is 3. The Kier molecular flexibility index (Phi) is 22.5.